The SMILES string of the molecule is O=C(COC(=O)CCc1nc(-c2ccccn2)no1)NC(=O)Nc1ccc2c(c1)OCCO2. The topological polar surface area (TPSA) is 155 Å². The van der Waals surface area contributed by atoms with E-state index in [4.69, 9.17) is 18.7 Å². The molecule has 12 nitrogen and oxygen atoms in total. The summed E-state index contributed by atoms with van der Waals surface area (Å²) in [5.41, 5.74) is 0.951. The monoisotopic (exact) mass is 453 g/mol. The minimum absolute atomic E-state index is 0.0828. The van der Waals surface area contributed by atoms with Crippen molar-refractivity contribution in [3.05, 3.63) is 48.5 Å². The van der Waals surface area contributed by atoms with Crippen LogP contribution in [0.15, 0.2) is 47.1 Å². The number of anilines is 1. The number of benzene rings is 1. The molecule has 3 aromatic rings. The molecule has 3 heterocycles. The number of carbonyl (C=O) groups is 3. The van der Waals surface area contributed by atoms with E-state index < -0.39 is 24.5 Å². The van der Waals surface area contributed by atoms with Gasteiger partial charge in [0.2, 0.25) is 11.7 Å². The molecule has 1 aromatic carbocycles. The molecule has 33 heavy (non-hydrogen) atoms. The molecule has 0 saturated heterocycles. The first-order valence-corrected chi connectivity index (χ1v) is 9.97. The van der Waals surface area contributed by atoms with Gasteiger partial charge in [-0.2, -0.15) is 4.98 Å². The average Bonchev–Trinajstić information content (AvgIpc) is 3.31. The molecule has 0 spiro atoms. The third-order valence-electron chi connectivity index (χ3n) is 4.32. The number of urea groups is 1. The predicted molar refractivity (Wildman–Crippen MR) is 111 cm³/mol. The number of esters is 1. The number of nitrogens with zero attached hydrogens (tertiary/aromatic N) is 3. The van der Waals surface area contributed by atoms with E-state index in [0.29, 0.717) is 41.9 Å². The minimum atomic E-state index is -0.784. The van der Waals surface area contributed by atoms with Crippen molar-refractivity contribution in [3.8, 4) is 23.0 Å². The van der Waals surface area contributed by atoms with Gasteiger partial charge in [-0.1, -0.05) is 11.2 Å². The number of hydrogen-bond donors (Lipinski definition) is 2. The summed E-state index contributed by atoms with van der Waals surface area (Å²) in [4.78, 5) is 44.0. The van der Waals surface area contributed by atoms with E-state index in [1.807, 2.05) is 0 Å². The highest BCUT2D eigenvalue weighted by molar-refractivity contribution is 6.02. The molecule has 4 rings (SSSR count). The van der Waals surface area contributed by atoms with Crippen molar-refractivity contribution >= 4 is 23.6 Å². The van der Waals surface area contributed by atoms with Crippen molar-refractivity contribution in [2.24, 2.45) is 0 Å². The van der Waals surface area contributed by atoms with E-state index in [-0.39, 0.29) is 18.7 Å². The highest BCUT2D eigenvalue weighted by Gasteiger charge is 2.16. The molecular formula is C21H19N5O7. The fourth-order valence-corrected chi connectivity index (χ4v) is 2.83. The Kier molecular flexibility index (Phi) is 6.73. The number of aromatic nitrogens is 3. The molecule has 3 amide bonds. The van der Waals surface area contributed by atoms with Crippen LogP contribution in [0.2, 0.25) is 0 Å². The highest BCUT2D eigenvalue weighted by Crippen LogP contribution is 2.32. The molecule has 0 aliphatic carbocycles. The Bertz CT molecular complexity index is 1150. The molecular weight excluding hydrogens is 434 g/mol. The Morgan fingerprint density at radius 1 is 1.06 bits per heavy atom. The first kappa shape index (κ1) is 21.7. The zero-order chi connectivity index (χ0) is 23.0. The van der Waals surface area contributed by atoms with Crippen LogP contribution in [0.5, 0.6) is 11.5 Å². The van der Waals surface area contributed by atoms with Gasteiger partial charge in [0.1, 0.15) is 18.9 Å². The maximum absolute atomic E-state index is 12.0. The van der Waals surface area contributed by atoms with Crippen LogP contribution < -0.4 is 20.1 Å². The number of carbonyl (C=O) groups excluding carboxylic acids is 3. The normalized spacial score (nSPS) is 12.0. The maximum Gasteiger partial charge on any atom is 0.325 e. The van der Waals surface area contributed by atoms with Gasteiger partial charge < -0.3 is 24.1 Å². The van der Waals surface area contributed by atoms with E-state index in [1.165, 1.54) is 0 Å². The standard InChI is InChI=1S/C21H19N5O7/c27-17(24-21(29)23-13-4-5-15-16(11-13)31-10-9-30-15)12-32-19(28)7-6-18-25-20(26-33-18)14-3-1-2-8-22-14/h1-5,8,11H,6-7,9-10,12H2,(H2,23,24,27,29). The lowest BCUT2D eigenvalue weighted by atomic mass is 10.2. The van der Waals surface area contributed by atoms with E-state index >= 15 is 0 Å². The number of fused-ring (bicyclic) bond motifs is 1. The zero-order valence-electron chi connectivity index (χ0n) is 17.3. The summed E-state index contributed by atoms with van der Waals surface area (Å²) in [6.07, 6.45) is 1.65. The Labute approximate surface area is 187 Å². The average molecular weight is 453 g/mol. The van der Waals surface area contributed by atoms with Gasteiger partial charge in [0.05, 0.1) is 6.42 Å². The minimum Gasteiger partial charge on any atom is -0.486 e. The van der Waals surface area contributed by atoms with Gasteiger partial charge in [0, 0.05) is 24.4 Å². The second-order valence-electron chi connectivity index (χ2n) is 6.75. The Balaban J connectivity index is 1.17. The second kappa shape index (κ2) is 10.2. The van der Waals surface area contributed by atoms with Crippen molar-refractivity contribution in [1.82, 2.24) is 20.4 Å². The zero-order valence-corrected chi connectivity index (χ0v) is 17.3. The molecule has 12 heteroatoms. The van der Waals surface area contributed by atoms with Crippen LogP contribution in [0.3, 0.4) is 0 Å². The first-order chi connectivity index (χ1) is 16.1. The Morgan fingerprint density at radius 3 is 2.73 bits per heavy atom. The molecule has 2 aromatic heterocycles. The lowest BCUT2D eigenvalue weighted by Gasteiger charge is -2.19. The van der Waals surface area contributed by atoms with Gasteiger partial charge in [0.25, 0.3) is 5.91 Å². The lowest BCUT2D eigenvalue weighted by Crippen LogP contribution is -2.37. The lowest BCUT2D eigenvalue weighted by molar-refractivity contribution is -0.148. The van der Waals surface area contributed by atoms with Crippen molar-refractivity contribution in [1.29, 1.82) is 0 Å². The summed E-state index contributed by atoms with van der Waals surface area (Å²) in [5, 5.41) is 8.37. The molecule has 2 N–H and O–H groups in total. The predicted octanol–water partition coefficient (Wildman–Crippen LogP) is 1.73. The summed E-state index contributed by atoms with van der Waals surface area (Å²) in [7, 11) is 0. The molecule has 0 atom stereocenters. The van der Waals surface area contributed by atoms with Gasteiger partial charge in [-0.15, -0.1) is 0 Å². The summed E-state index contributed by atoms with van der Waals surface area (Å²) < 4.78 is 20.8. The fourth-order valence-electron chi connectivity index (χ4n) is 2.83. The van der Waals surface area contributed by atoms with Crippen LogP contribution in [0.25, 0.3) is 11.5 Å². The van der Waals surface area contributed by atoms with Gasteiger partial charge in [-0.25, -0.2) is 4.79 Å². The van der Waals surface area contributed by atoms with Crippen molar-refractivity contribution < 1.29 is 33.1 Å². The van der Waals surface area contributed by atoms with Crippen molar-refractivity contribution in [2.45, 2.75) is 12.8 Å². The second-order valence-corrected chi connectivity index (χ2v) is 6.75. The summed E-state index contributed by atoms with van der Waals surface area (Å²) in [5.74, 6) is 0.165. The molecule has 1 aliphatic heterocycles. The largest absolute Gasteiger partial charge is 0.486 e. The van der Waals surface area contributed by atoms with E-state index in [0.717, 1.165) is 0 Å². The van der Waals surface area contributed by atoms with Gasteiger partial charge in [-0.05, 0) is 24.3 Å². The molecule has 0 bridgehead atoms. The molecule has 0 saturated carbocycles. The summed E-state index contributed by atoms with van der Waals surface area (Å²) in [6, 6.07) is 9.34. The number of rotatable bonds is 7. The van der Waals surface area contributed by atoms with Crippen molar-refractivity contribution in [3.63, 3.8) is 0 Å². The van der Waals surface area contributed by atoms with E-state index in [2.05, 4.69) is 25.8 Å². The summed E-state index contributed by atoms with van der Waals surface area (Å²) in [6.45, 7) is 0.245. The third-order valence-corrected chi connectivity index (χ3v) is 4.32. The fraction of sp³-hybridized carbons (Fsp3) is 0.238. The van der Waals surface area contributed by atoms with Crippen LogP contribution in [-0.4, -0.2) is 52.9 Å². The molecule has 0 fully saturated rings. The van der Waals surface area contributed by atoms with E-state index in [1.54, 1.807) is 42.6 Å². The highest BCUT2D eigenvalue weighted by atomic mass is 16.6. The van der Waals surface area contributed by atoms with Crippen LogP contribution in [0.4, 0.5) is 10.5 Å². The van der Waals surface area contributed by atoms with Crippen LogP contribution in [0.1, 0.15) is 12.3 Å². The maximum atomic E-state index is 12.0. The Morgan fingerprint density at radius 2 is 1.91 bits per heavy atom. The molecule has 1 aliphatic rings. The third kappa shape index (κ3) is 6.03. The van der Waals surface area contributed by atoms with Gasteiger partial charge >= 0.3 is 12.0 Å². The van der Waals surface area contributed by atoms with Crippen molar-refractivity contribution in [2.75, 3.05) is 25.1 Å². The number of amides is 3. The van der Waals surface area contributed by atoms with Crippen LogP contribution in [0, 0.1) is 0 Å². The first-order valence-electron chi connectivity index (χ1n) is 9.97. The number of hydrogen-bond acceptors (Lipinski definition) is 10. The van der Waals surface area contributed by atoms with E-state index in [9.17, 15) is 14.4 Å². The number of pyridine rings is 1. The van der Waals surface area contributed by atoms with Gasteiger partial charge in [-0.3, -0.25) is 19.9 Å². The number of aryl methyl sites for hydroxylation is 1. The van der Waals surface area contributed by atoms with Gasteiger partial charge in [0.15, 0.2) is 18.1 Å². The quantitative estimate of drug-likeness (QED) is 0.505. The number of ether oxygens (including phenoxy) is 3. The van der Waals surface area contributed by atoms with Crippen LogP contribution in [-0.2, 0) is 20.7 Å². The molecule has 0 radical (unpaired) electrons. The van der Waals surface area contributed by atoms with Crippen LogP contribution >= 0.6 is 0 Å². The summed E-state index contributed by atoms with van der Waals surface area (Å²) >= 11 is 0. The Hall–Kier alpha value is -4.48. The number of imide groups is 1. The molecule has 0 unspecified atom stereocenters. The molecule has 170 valence electrons. The smallest absolute Gasteiger partial charge is 0.325 e. The number of nitrogens with one attached hydrogen (secondary N) is 2.